The van der Waals surface area contributed by atoms with Crippen LogP contribution in [0.3, 0.4) is 0 Å². The first-order valence-corrected chi connectivity index (χ1v) is 5.35. The van der Waals surface area contributed by atoms with Gasteiger partial charge in [0.15, 0.2) is 5.58 Å². The highest BCUT2D eigenvalue weighted by molar-refractivity contribution is 6.05. The Morgan fingerprint density at radius 1 is 1.12 bits per heavy atom. The molecule has 0 saturated heterocycles. The number of fused-ring (bicyclic) bond motifs is 3. The Labute approximate surface area is 92.9 Å². The third kappa shape index (κ3) is 1.29. The molecular formula is C13H12N2O. The molecule has 0 unspecified atom stereocenters. The topological polar surface area (TPSA) is 52.0 Å². The lowest BCUT2D eigenvalue weighted by Gasteiger charge is -1.97. The monoisotopic (exact) mass is 212 g/mol. The minimum atomic E-state index is 0.586. The molecule has 2 aromatic heterocycles. The average Bonchev–Trinajstić information content (AvgIpc) is 2.69. The van der Waals surface area contributed by atoms with E-state index in [1.807, 2.05) is 30.5 Å². The second kappa shape index (κ2) is 3.61. The fraction of sp³-hybridized carbons (Fsp3) is 0.154. The predicted octanol–water partition coefficient (Wildman–Crippen LogP) is 2.48. The van der Waals surface area contributed by atoms with Gasteiger partial charge < -0.3 is 10.2 Å². The maximum Gasteiger partial charge on any atom is 0.156 e. The molecule has 0 saturated carbocycles. The molecule has 0 aliphatic rings. The molecule has 0 bridgehead atoms. The van der Waals surface area contributed by atoms with Gasteiger partial charge in [-0.2, -0.15) is 0 Å². The molecule has 2 heterocycles. The first-order valence-electron chi connectivity index (χ1n) is 5.35. The third-order valence-corrected chi connectivity index (χ3v) is 2.75. The van der Waals surface area contributed by atoms with Crippen LogP contribution >= 0.6 is 0 Å². The van der Waals surface area contributed by atoms with Crippen LogP contribution in [0, 0.1) is 0 Å². The van der Waals surface area contributed by atoms with E-state index in [0.717, 1.165) is 34.1 Å². The van der Waals surface area contributed by atoms with E-state index >= 15 is 0 Å². The Balaban J connectivity index is 2.39. The molecule has 0 spiro atoms. The Morgan fingerprint density at radius 2 is 2.00 bits per heavy atom. The average molecular weight is 212 g/mol. The van der Waals surface area contributed by atoms with E-state index < -0.39 is 0 Å². The summed E-state index contributed by atoms with van der Waals surface area (Å²) in [5.74, 6) is 0. The molecular weight excluding hydrogens is 200 g/mol. The molecule has 3 nitrogen and oxygen atoms in total. The van der Waals surface area contributed by atoms with Gasteiger partial charge in [-0.3, -0.25) is 4.98 Å². The van der Waals surface area contributed by atoms with Crippen molar-refractivity contribution in [1.82, 2.24) is 4.98 Å². The molecule has 1 aromatic carbocycles. The minimum absolute atomic E-state index is 0.586. The van der Waals surface area contributed by atoms with E-state index in [2.05, 4.69) is 11.1 Å². The quantitative estimate of drug-likeness (QED) is 0.710. The molecule has 0 aliphatic carbocycles. The highest BCUT2D eigenvalue weighted by atomic mass is 16.3. The number of hydrogen-bond donors (Lipinski definition) is 1. The number of benzene rings is 1. The number of furan rings is 1. The molecule has 0 radical (unpaired) electrons. The smallest absolute Gasteiger partial charge is 0.156 e. The number of para-hydroxylation sites is 1. The second-order valence-corrected chi connectivity index (χ2v) is 3.77. The van der Waals surface area contributed by atoms with Crippen LogP contribution in [0.25, 0.3) is 21.9 Å². The summed E-state index contributed by atoms with van der Waals surface area (Å²) >= 11 is 0. The fourth-order valence-electron chi connectivity index (χ4n) is 2.02. The van der Waals surface area contributed by atoms with Crippen LogP contribution in [-0.4, -0.2) is 11.5 Å². The van der Waals surface area contributed by atoms with Crippen LogP contribution < -0.4 is 5.73 Å². The number of rotatable bonds is 2. The first-order chi connectivity index (χ1) is 7.90. The molecule has 0 fully saturated rings. The zero-order valence-electron chi connectivity index (χ0n) is 8.81. The van der Waals surface area contributed by atoms with Crippen molar-refractivity contribution >= 4 is 21.9 Å². The van der Waals surface area contributed by atoms with E-state index in [0.29, 0.717) is 6.54 Å². The lowest BCUT2D eigenvalue weighted by atomic mass is 10.1. The first kappa shape index (κ1) is 9.36. The molecule has 0 amide bonds. The van der Waals surface area contributed by atoms with E-state index in [1.165, 1.54) is 0 Å². The van der Waals surface area contributed by atoms with Gasteiger partial charge in [-0.15, -0.1) is 0 Å². The maximum atomic E-state index is 5.82. The molecule has 3 heteroatoms. The molecule has 16 heavy (non-hydrogen) atoms. The zero-order valence-corrected chi connectivity index (χ0v) is 8.81. The van der Waals surface area contributed by atoms with Crippen molar-refractivity contribution in [2.24, 2.45) is 5.73 Å². The van der Waals surface area contributed by atoms with E-state index in [-0.39, 0.29) is 0 Å². The number of aromatic nitrogens is 1. The van der Waals surface area contributed by atoms with Gasteiger partial charge in [-0.05, 0) is 18.7 Å². The van der Waals surface area contributed by atoms with Crippen molar-refractivity contribution < 1.29 is 4.42 Å². The lowest BCUT2D eigenvalue weighted by molar-refractivity contribution is 0.658. The molecule has 80 valence electrons. The van der Waals surface area contributed by atoms with Gasteiger partial charge in [0.2, 0.25) is 0 Å². The normalized spacial score (nSPS) is 11.3. The molecule has 3 rings (SSSR count). The molecule has 3 aromatic rings. The van der Waals surface area contributed by atoms with E-state index in [1.54, 1.807) is 0 Å². The molecule has 0 aliphatic heterocycles. The maximum absolute atomic E-state index is 5.82. The van der Waals surface area contributed by atoms with Crippen molar-refractivity contribution in [3.63, 3.8) is 0 Å². The molecule has 0 atom stereocenters. The van der Waals surface area contributed by atoms with Gasteiger partial charge in [0.25, 0.3) is 0 Å². The Morgan fingerprint density at radius 3 is 2.88 bits per heavy atom. The van der Waals surface area contributed by atoms with Crippen molar-refractivity contribution in [2.75, 3.05) is 6.54 Å². The van der Waals surface area contributed by atoms with Gasteiger partial charge in [0.05, 0.1) is 5.69 Å². The Kier molecular flexibility index (Phi) is 2.11. The summed E-state index contributed by atoms with van der Waals surface area (Å²) in [4.78, 5) is 4.32. The number of pyridine rings is 1. The number of hydrogen-bond acceptors (Lipinski definition) is 3. The van der Waals surface area contributed by atoms with Gasteiger partial charge >= 0.3 is 0 Å². The van der Waals surface area contributed by atoms with Crippen molar-refractivity contribution in [1.29, 1.82) is 0 Å². The van der Waals surface area contributed by atoms with Crippen LogP contribution in [0.1, 0.15) is 5.69 Å². The number of nitrogens with zero attached hydrogens (tertiary/aromatic N) is 1. The van der Waals surface area contributed by atoms with Crippen molar-refractivity contribution in [2.45, 2.75) is 6.42 Å². The summed E-state index contributed by atoms with van der Waals surface area (Å²) < 4.78 is 5.82. The summed E-state index contributed by atoms with van der Waals surface area (Å²) in [5.41, 5.74) is 8.28. The van der Waals surface area contributed by atoms with Gasteiger partial charge in [0.1, 0.15) is 5.58 Å². The van der Waals surface area contributed by atoms with E-state index in [4.69, 9.17) is 10.2 Å². The lowest BCUT2D eigenvalue weighted by Crippen LogP contribution is -2.04. The van der Waals surface area contributed by atoms with Crippen LogP contribution in [0.4, 0.5) is 0 Å². The minimum Gasteiger partial charge on any atom is -0.454 e. The van der Waals surface area contributed by atoms with Crippen molar-refractivity contribution in [3.8, 4) is 0 Å². The van der Waals surface area contributed by atoms with Gasteiger partial charge in [0, 0.05) is 23.4 Å². The summed E-state index contributed by atoms with van der Waals surface area (Å²) in [6.07, 6.45) is 2.56. The van der Waals surface area contributed by atoms with Crippen LogP contribution in [-0.2, 0) is 6.42 Å². The standard InChI is InChI=1S/C13H12N2O/c14-7-5-11-13-10(6-8-15-11)9-3-1-2-4-12(9)16-13/h1-4,6,8H,5,7,14H2. The Bertz CT molecular complexity index is 643. The van der Waals surface area contributed by atoms with Crippen LogP contribution in [0.2, 0.25) is 0 Å². The molecule has 2 N–H and O–H groups in total. The number of nitrogens with two attached hydrogens (primary N) is 1. The summed E-state index contributed by atoms with van der Waals surface area (Å²) in [6.45, 7) is 0.586. The highest BCUT2D eigenvalue weighted by Gasteiger charge is 2.10. The summed E-state index contributed by atoms with van der Waals surface area (Å²) in [6, 6.07) is 10.0. The zero-order chi connectivity index (χ0) is 11.0. The third-order valence-electron chi connectivity index (χ3n) is 2.75. The van der Waals surface area contributed by atoms with Crippen molar-refractivity contribution in [3.05, 3.63) is 42.2 Å². The largest absolute Gasteiger partial charge is 0.454 e. The summed E-state index contributed by atoms with van der Waals surface area (Å²) in [7, 11) is 0. The van der Waals surface area contributed by atoms with Crippen LogP contribution in [0.5, 0.6) is 0 Å². The Hall–Kier alpha value is -1.87. The fourth-order valence-corrected chi connectivity index (χ4v) is 2.02. The van der Waals surface area contributed by atoms with Gasteiger partial charge in [-0.1, -0.05) is 18.2 Å². The summed E-state index contributed by atoms with van der Waals surface area (Å²) in [5, 5.41) is 2.26. The predicted molar refractivity (Wildman–Crippen MR) is 64.3 cm³/mol. The second-order valence-electron chi connectivity index (χ2n) is 3.77. The van der Waals surface area contributed by atoms with Gasteiger partial charge in [-0.25, -0.2) is 0 Å². The highest BCUT2D eigenvalue weighted by Crippen LogP contribution is 2.29. The van der Waals surface area contributed by atoms with E-state index in [9.17, 15) is 0 Å². The van der Waals surface area contributed by atoms with Crippen LogP contribution in [0.15, 0.2) is 40.9 Å². The SMILES string of the molecule is NCCc1nccc2c1oc1ccccc12.